The second kappa shape index (κ2) is 43.2. The number of carboxylic acids is 1. The smallest absolute Gasteiger partial charge is 0.341 e. The molecular formula is C106H113ClN20O7. The van der Waals surface area contributed by atoms with Crippen molar-refractivity contribution in [2.75, 3.05) is 45.0 Å². The highest BCUT2D eigenvalue weighted by Crippen LogP contribution is 2.40. The molecule has 0 spiro atoms. The van der Waals surface area contributed by atoms with Gasteiger partial charge in [0, 0.05) is 129 Å². The number of nitrogens with two attached hydrogens (primary N) is 1. The molecule has 4 aromatic carbocycles. The third-order valence-corrected chi connectivity index (χ3v) is 26.5. The number of para-hydroxylation sites is 4. The van der Waals surface area contributed by atoms with Crippen LogP contribution in [0.2, 0.25) is 5.02 Å². The fourth-order valence-corrected chi connectivity index (χ4v) is 18.8. The first-order valence-electron chi connectivity index (χ1n) is 46.2. The summed E-state index contributed by atoms with van der Waals surface area (Å²) < 4.78 is 12.3. The molecule has 0 radical (unpaired) electrons. The van der Waals surface area contributed by atoms with E-state index in [2.05, 4.69) is 108 Å². The summed E-state index contributed by atoms with van der Waals surface area (Å²) in [7, 11) is 6.03. The molecule has 4 saturated carbocycles. The average Bonchev–Trinajstić information content (AvgIpc) is 1.59. The van der Waals surface area contributed by atoms with E-state index in [0.717, 1.165) is 187 Å². The predicted molar refractivity (Wildman–Crippen MR) is 536 cm³/mol. The highest BCUT2D eigenvalue weighted by Gasteiger charge is 2.30. The number of hydrogen-bond donors (Lipinski definition) is 8. The number of rotatable bonds is 18. The zero-order valence-electron chi connectivity index (χ0n) is 75.5. The molecule has 27 nitrogen and oxygen atoms in total. The van der Waals surface area contributed by atoms with Crippen LogP contribution in [0.4, 0.5) is 11.4 Å². The second-order valence-electron chi connectivity index (χ2n) is 34.5. The van der Waals surface area contributed by atoms with Crippen molar-refractivity contribution < 1.29 is 29.0 Å². The Labute approximate surface area is 782 Å². The van der Waals surface area contributed by atoms with Crippen LogP contribution >= 0.6 is 11.6 Å². The number of H-pyrrole nitrogens is 1. The number of halogens is 1. The quantitative estimate of drug-likeness (QED) is 0.0370. The number of pyridine rings is 12. The van der Waals surface area contributed by atoms with Crippen molar-refractivity contribution in [1.29, 1.82) is 0 Å². The number of fused-ring (bicyclic) bond motifs is 10. The molecule has 4 aliphatic rings. The van der Waals surface area contributed by atoms with Gasteiger partial charge in [-0.2, -0.15) is 0 Å². The van der Waals surface area contributed by atoms with Gasteiger partial charge in [0.1, 0.15) is 33.2 Å². The van der Waals surface area contributed by atoms with Gasteiger partial charge < -0.3 is 51.9 Å². The second-order valence-corrected chi connectivity index (χ2v) is 34.9. The largest absolute Gasteiger partial charge is 0.478 e. The molecule has 21 rings (SSSR count). The first kappa shape index (κ1) is 93.4. The number of aromatic amines is 1. The summed E-state index contributed by atoms with van der Waals surface area (Å²) in [6.07, 6.45) is 32.3. The van der Waals surface area contributed by atoms with Gasteiger partial charge in [-0.25, -0.2) is 39.1 Å². The molecule has 9 N–H and O–H groups in total. The molecule has 13 aromatic heterocycles. The van der Waals surface area contributed by atoms with Crippen molar-refractivity contribution in [3.05, 3.63) is 252 Å². The van der Waals surface area contributed by atoms with Crippen LogP contribution in [0.1, 0.15) is 174 Å². The van der Waals surface area contributed by atoms with E-state index in [1.54, 1.807) is 31.7 Å². The Morgan fingerprint density at radius 2 is 0.746 bits per heavy atom. The Morgan fingerprint density at radius 1 is 0.410 bits per heavy atom. The van der Waals surface area contributed by atoms with Gasteiger partial charge >= 0.3 is 23.6 Å². The van der Waals surface area contributed by atoms with Crippen LogP contribution in [-0.4, -0.2) is 163 Å². The minimum absolute atomic E-state index is 0. The molecular weight excluding hydrogens is 1700 g/mol. The predicted octanol–water partition coefficient (Wildman–Crippen LogP) is 20.9. The number of carboxylic acid groups (broad SMARTS) is 1. The number of hydrogen-bond acceptors (Lipinski definition) is 24. The molecule has 17 aromatic rings. The van der Waals surface area contributed by atoms with Crippen LogP contribution < -0.4 is 38.0 Å². The summed E-state index contributed by atoms with van der Waals surface area (Å²) in [4.78, 5) is 108. The minimum atomic E-state index is -1.01. The lowest BCUT2D eigenvalue weighted by atomic mass is 9.84. The highest BCUT2D eigenvalue weighted by atomic mass is 35.5. The monoisotopic (exact) mass is 1810 g/mol. The number of esters is 2. The first-order chi connectivity index (χ1) is 65.0. The lowest BCUT2D eigenvalue weighted by Crippen LogP contribution is -2.35. The Kier molecular flexibility index (Phi) is 30.1. The number of anilines is 2. The summed E-state index contributed by atoms with van der Waals surface area (Å²) in [6.45, 7) is 6.38. The van der Waals surface area contributed by atoms with Gasteiger partial charge in [0.05, 0.1) is 119 Å². The lowest BCUT2D eigenvalue weighted by molar-refractivity contribution is 0.0517. The highest BCUT2D eigenvalue weighted by molar-refractivity contribution is 6.37. The van der Waals surface area contributed by atoms with Crippen molar-refractivity contribution in [2.45, 2.75) is 180 Å². The summed E-state index contributed by atoms with van der Waals surface area (Å²) in [5, 5.41) is 31.4. The number of nitrogens with zero attached hydrogens (tertiary/aromatic N) is 13. The molecule has 0 unspecified atom stereocenters. The van der Waals surface area contributed by atoms with E-state index in [9.17, 15) is 24.3 Å². The normalized spacial score (nSPS) is 18.2. The van der Waals surface area contributed by atoms with Crippen LogP contribution in [0.15, 0.2) is 224 Å². The molecule has 0 atom stereocenters. The van der Waals surface area contributed by atoms with Gasteiger partial charge in [-0.1, -0.05) is 105 Å². The zero-order chi connectivity index (χ0) is 92.0. The maximum Gasteiger partial charge on any atom is 0.341 e. The minimum Gasteiger partial charge on any atom is -0.478 e. The number of nitrogens with one attached hydrogen (secondary N) is 6. The molecule has 13 heterocycles. The Bertz CT molecular complexity index is 7150. The van der Waals surface area contributed by atoms with Gasteiger partial charge in [0.15, 0.2) is 0 Å². The van der Waals surface area contributed by atoms with Crippen molar-refractivity contribution in [3.8, 4) is 45.0 Å². The molecule has 686 valence electrons. The molecule has 134 heavy (non-hydrogen) atoms. The van der Waals surface area contributed by atoms with Crippen molar-refractivity contribution in [3.63, 3.8) is 0 Å². The summed E-state index contributed by atoms with van der Waals surface area (Å²) in [6, 6.07) is 58.5. The molecule has 4 fully saturated rings. The number of aromatic carboxylic acids is 1. The molecule has 0 amide bonds. The van der Waals surface area contributed by atoms with Gasteiger partial charge in [0.25, 0.3) is 0 Å². The summed E-state index contributed by atoms with van der Waals surface area (Å²) in [5.41, 5.74) is 25.0. The number of imidazole rings is 1. The lowest BCUT2D eigenvalue weighted by Gasteiger charge is -2.30. The van der Waals surface area contributed by atoms with E-state index in [-0.39, 0.29) is 60.0 Å². The number of benzene rings is 4. The van der Waals surface area contributed by atoms with E-state index in [0.29, 0.717) is 74.9 Å². The molecule has 28 heteroatoms. The molecule has 0 saturated heterocycles. The van der Waals surface area contributed by atoms with Crippen LogP contribution in [0, 0.1) is 5.92 Å². The van der Waals surface area contributed by atoms with Crippen molar-refractivity contribution >= 4 is 140 Å². The summed E-state index contributed by atoms with van der Waals surface area (Å²) >= 11 is 6.41. The third-order valence-electron chi connectivity index (χ3n) is 26.1. The number of carbonyl (C=O) groups excluding carboxylic acids is 2. The molecule has 4 aliphatic carbocycles. The van der Waals surface area contributed by atoms with Gasteiger partial charge in [-0.15, -0.1) is 0 Å². The van der Waals surface area contributed by atoms with E-state index in [1.807, 2.05) is 191 Å². The fourth-order valence-electron chi connectivity index (χ4n) is 18.5. The average molecular weight is 1810 g/mol. The van der Waals surface area contributed by atoms with Gasteiger partial charge in [-0.05, 0) is 241 Å². The van der Waals surface area contributed by atoms with Crippen LogP contribution in [0.3, 0.4) is 0 Å². The molecule has 0 bridgehead atoms. The van der Waals surface area contributed by atoms with E-state index >= 15 is 0 Å². The van der Waals surface area contributed by atoms with Crippen molar-refractivity contribution in [1.82, 2.24) is 85.3 Å². The van der Waals surface area contributed by atoms with Crippen LogP contribution in [0.5, 0.6) is 0 Å². The Hall–Kier alpha value is -13.8. The topological polar surface area (TPSA) is 369 Å². The van der Waals surface area contributed by atoms with Gasteiger partial charge in [-0.3, -0.25) is 44.4 Å². The van der Waals surface area contributed by atoms with Crippen LogP contribution in [-0.2, 0) is 9.47 Å². The maximum atomic E-state index is 13.0. The number of carbonyl (C=O) groups is 3. The van der Waals surface area contributed by atoms with E-state index < -0.39 is 11.9 Å². The molecule has 0 aliphatic heterocycles. The van der Waals surface area contributed by atoms with E-state index in [4.69, 9.17) is 41.8 Å². The van der Waals surface area contributed by atoms with Gasteiger partial charge in [0.2, 0.25) is 0 Å². The standard InChI is InChI=1S/C27H29N5O2.C26H25N5O.C25H25N5O2.C20H14ClN3O2.C7H16N2.CH4/c1-3-34-27(33)21-16-30-24-13-12-23(18-14-17-6-4-5-7-22(17)29-15-18)32-26(24)25(21)31-20-10-8-19(28-2)9-11-20;1-2-16-7-9-19(10-8-16)31-25-23(30-26(31)32)15-28-22-12-11-21(29-24(22)25)18-13-17-5-3-4-6-20(17)27-14-18;1-26-17-6-8-18(9-7-17)29-23-19(25(31)32)14-28-22-11-10-21(30-24(22)23)16-12-15-4-2-3-5-20(15)27-13-16;1-2-26-20(25)14-11-23-17-8-7-16(24-19(17)18(14)21)13-9-12-5-3-4-6-15(12)22-10-13;1-9-7-4-2-6(8)3-5-7;/h4-7,12-16,19-20,28H,3,8-11H2,1-2H3,(H,30,31);3-6,11-16,19H,2,7-10H2,1H3,(H,30,32);2-5,10-14,17-18,26H,6-9H2,1H3,(H,28,29)(H,31,32);3-11H,2H2,1H3;6-7,9H,2-5,8H2,1H3;1H4. The van der Waals surface area contributed by atoms with E-state index in [1.165, 1.54) is 57.3 Å². The zero-order valence-corrected chi connectivity index (χ0v) is 76.3. The number of aromatic nitrogens is 14. The van der Waals surface area contributed by atoms with Crippen molar-refractivity contribution in [2.24, 2.45) is 11.7 Å². The first-order valence-corrected chi connectivity index (χ1v) is 46.6. The Morgan fingerprint density at radius 3 is 1.15 bits per heavy atom. The summed E-state index contributed by atoms with van der Waals surface area (Å²) in [5.74, 6) is -1.13. The SMILES string of the molecule is C.CCC1CCC(n2c(=O)[nH]c3cnc4ccc(-c5cnc6ccccc6c5)nc4c32)CC1.CCOC(=O)c1cnc2ccc(-c3cnc4ccccc4c3)nc2c1Cl.CCOC(=O)c1cnc2ccc(-c3cnc4ccccc4c3)nc2c1NC1CCC(NC)CC1.CNC1CCC(N)CC1.CNC1CCC(Nc2c(C(=O)O)cnc3ccc(-c4cnc5ccccc5c4)nc23)CC1. The number of ether oxygens (including phenoxy) is 2. The third kappa shape index (κ3) is 21.3. The fraction of sp³-hybridized carbons (Fsp3) is 0.321. The van der Waals surface area contributed by atoms with Crippen LogP contribution in [0.25, 0.3) is 144 Å². The Balaban J connectivity index is 0.000000126. The maximum absolute atomic E-state index is 13.0.